The van der Waals surface area contributed by atoms with Crippen LogP contribution >= 0.6 is 0 Å². The van der Waals surface area contributed by atoms with Gasteiger partial charge in [0.25, 0.3) is 11.8 Å². The van der Waals surface area contributed by atoms with Gasteiger partial charge in [0, 0.05) is 48.7 Å². The summed E-state index contributed by atoms with van der Waals surface area (Å²) in [5.74, 6) is -0.246. The van der Waals surface area contributed by atoms with E-state index in [0.29, 0.717) is 43.0 Å². The molecule has 3 amide bonds. The molecule has 7 heteroatoms. The molecule has 0 saturated carbocycles. The number of nitrogens with zero attached hydrogens (tertiary/aromatic N) is 2. The smallest absolute Gasteiger partial charge is 0.253 e. The third-order valence-electron chi connectivity index (χ3n) is 5.30. The van der Waals surface area contributed by atoms with Crippen molar-refractivity contribution >= 4 is 29.1 Å². The predicted molar refractivity (Wildman–Crippen MR) is 134 cm³/mol. The first-order valence-corrected chi connectivity index (χ1v) is 11.8. The van der Waals surface area contributed by atoms with E-state index in [1.54, 1.807) is 53.4 Å². The Bertz CT molecular complexity index is 917. The number of nitrogens with one attached hydrogen (secondary N) is 2. The number of hydrogen-bond donors (Lipinski definition) is 2. The highest BCUT2D eigenvalue weighted by molar-refractivity contribution is 5.98. The average Bonchev–Trinajstić information content (AvgIpc) is 2.83. The normalized spacial score (nSPS) is 10.4. The Balaban J connectivity index is 1.94. The zero-order chi connectivity index (χ0) is 24.2. The Labute approximate surface area is 197 Å². The molecule has 0 spiro atoms. The Morgan fingerprint density at radius 1 is 0.727 bits per heavy atom. The van der Waals surface area contributed by atoms with E-state index in [1.165, 1.54) is 0 Å². The van der Waals surface area contributed by atoms with Crippen LogP contribution < -0.4 is 10.6 Å². The van der Waals surface area contributed by atoms with Crippen LogP contribution in [-0.4, -0.2) is 60.2 Å². The number of carbonyl (C=O) groups excluding carboxylic acids is 3. The lowest BCUT2D eigenvalue weighted by Crippen LogP contribution is -2.32. The minimum atomic E-state index is -0.220. The summed E-state index contributed by atoms with van der Waals surface area (Å²) in [6, 6.07) is 14.1. The van der Waals surface area contributed by atoms with Gasteiger partial charge in [-0.1, -0.05) is 19.9 Å². The molecule has 0 heterocycles. The monoisotopic (exact) mass is 452 g/mol. The standard InChI is InChI=1S/C26H36N4O3/c1-5-16-30(17-6-2)26(33)21-10-9-11-23(18-21)28-24(31)19-27-22-14-12-20(13-15-22)25(32)29(7-3)8-4/h9-15,18,27H,5-8,16-17,19H2,1-4H3,(H,28,31). The fraction of sp³-hybridized carbons (Fsp3) is 0.423. The van der Waals surface area contributed by atoms with E-state index in [-0.39, 0.29) is 24.3 Å². The summed E-state index contributed by atoms with van der Waals surface area (Å²) in [7, 11) is 0. The Hall–Kier alpha value is -3.35. The maximum atomic E-state index is 12.8. The van der Waals surface area contributed by atoms with Gasteiger partial charge in [-0.15, -0.1) is 0 Å². The van der Waals surface area contributed by atoms with E-state index in [9.17, 15) is 14.4 Å². The molecular weight excluding hydrogens is 416 g/mol. The molecule has 2 aromatic carbocycles. The van der Waals surface area contributed by atoms with Gasteiger partial charge in [-0.2, -0.15) is 0 Å². The lowest BCUT2D eigenvalue weighted by Gasteiger charge is -2.21. The van der Waals surface area contributed by atoms with Crippen LogP contribution in [0.1, 0.15) is 61.3 Å². The second-order valence-corrected chi connectivity index (χ2v) is 7.83. The van der Waals surface area contributed by atoms with E-state index in [4.69, 9.17) is 0 Å². The van der Waals surface area contributed by atoms with Crippen molar-refractivity contribution in [1.82, 2.24) is 9.80 Å². The van der Waals surface area contributed by atoms with Crippen molar-refractivity contribution in [2.75, 3.05) is 43.4 Å². The van der Waals surface area contributed by atoms with Crippen molar-refractivity contribution in [3.05, 3.63) is 59.7 Å². The summed E-state index contributed by atoms with van der Waals surface area (Å²) >= 11 is 0. The van der Waals surface area contributed by atoms with Crippen LogP contribution in [0.4, 0.5) is 11.4 Å². The highest BCUT2D eigenvalue weighted by Crippen LogP contribution is 2.15. The van der Waals surface area contributed by atoms with Crippen LogP contribution in [-0.2, 0) is 4.79 Å². The molecule has 178 valence electrons. The van der Waals surface area contributed by atoms with E-state index >= 15 is 0 Å². The predicted octanol–water partition coefficient (Wildman–Crippen LogP) is 4.48. The average molecular weight is 453 g/mol. The van der Waals surface area contributed by atoms with Crippen molar-refractivity contribution in [3.8, 4) is 0 Å². The fourth-order valence-electron chi connectivity index (χ4n) is 3.58. The number of amides is 3. The zero-order valence-electron chi connectivity index (χ0n) is 20.2. The summed E-state index contributed by atoms with van der Waals surface area (Å²) in [5.41, 5.74) is 2.52. The first-order valence-electron chi connectivity index (χ1n) is 11.8. The second kappa shape index (κ2) is 13.3. The largest absolute Gasteiger partial charge is 0.376 e. The molecule has 0 atom stereocenters. The number of carbonyl (C=O) groups is 3. The molecule has 2 aromatic rings. The zero-order valence-corrected chi connectivity index (χ0v) is 20.2. The van der Waals surface area contributed by atoms with Crippen LogP contribution in [0.25, 0.3) is 0 Å². The van der Waals surface area contributed by atoms with E-state index in [1.807, 2.05) is 18.7 Å². The van der Waals surface area contributed by atoms with Crippen LogP contribution in [0.5, 0.6) is 0 Å². The van der Waals surface area contributed by atoms with Gasteiger partial charge in [0.05, 0.1) is 6.54 Å². The van der Waals surface area contributed by atoms with Crippen molar-refractivity contribution in [1.29, 1.82) is 0 Å². The molecule has 33 heavy (non-hydrogen) atoms. The first kappa shape index (κ1) is 25.9. The molecule has 0 aliphatic rings. The van der Waals surface area contributed by atoms with Crippen LogP contribution in [0.2, 0.25) is 0 Å². The molecule has 0 aliphatic heterocycles. The Kier molecular flexibility index (Phi) is 10.4. The van der Waals surface area contributed by atoms with Crippen molar-refractivity contribution < 1.29 is 14.4 Å². The third kappa shape index (κ3) is 7.63. The lowest BCUT2D eigenvalue weighted by molar-refractivity contribution is -0.114. The highest BCUT2D eigenvalue weighted by Gasteiger charge is 2.15. The molecule has 0 fully saturated rings. The molecule has 0 bridgehead atoms. The van der Waals surface area contributed by atoms with Gasteiger partial charge in [0.1, 0.15) is 0 Å². The number of rotatable bonds is 12. The van der Waals surface area contributed by atoms with E-state index in [0.717, 1.165) is 18.5 Å². The SMILES string of the molecule is CCCN(CCC)C(=O)c1cccc(NC(=O)CNc2ccc(C(=O)N(CC)CC)cc2)c1. The molecule has 0 radical (unpaired) electrons. The van der Waals surface area contributed by atoms with Crippen molar-refractivity contribution in [2.24, 2.45) is 0 Å². The van der Waals surface area contributed by atoms with Gasteiger partial charge in [0.15, 0.2) is 0 Å². The number of anilines is 2. The summed E-state index contributed by atoms with van der Waals surface area (Å²) in [4.78, 5) is 41.2. The fourth-order valence-corrected chi connectivity index (χ4v) is 3.58. The molecule has 0 aromatic heterocycles. The van der Waals surface area contributed by atoms with Gasteiger partial charge in [-0.3, -0.25) is 14.4 Å². The van der Waals surface area contributed by atoms with Gasteiger partial charge in [0.2, 0.25) is 5.91 Å². The summed E-state index contributed by atoms with van der Waals surface area (Å²) in [5, 5.41) is 5.90. The molecule has 2 N–H and O–H groups in total. The van der Waals surface area contributed by atoms with Crippen LogP contribution in [0.15, 0.2) is 48.5 Å². The van der Waals surface area contributed by atoms with Crippen molar-refractivity contribution in [2.45, 2.75) is 40.5 Å². The molecule has 0 unspecified atom stereocenters. The summed E-state index contributed by atoms with van der Waals surface area (Å²) < 4.78 is 0. The van der Waals surface area contributed by atoms with E-state index in [2.05, 4.69) is 24.5 Å². The summed E-state index contributed by atoms with van der Waals surface area (Å²) in [6.07, 6.45) is 1.80. The van der Waals surface area contributed by atoms with Gasteiger partial charge in [-0.05, 0) is 69.2 Å². The Morgan fingerprint density at radius 2 is 1.33 bits per heavy atom. The maximum Gasteiger partial charge on any atom is 0.253 e. The number of benzene rings is 2. The van der Waals surface area contributed by atoms with Crippen LogP contribution in [0, 0.1) is 0 Å². The Morgan fingerprint density at radius 3 is 1.91 bits per heavy atom. The molecule has 0 aliphatic carbocycles. The second-order valence-electron chi connectivity index (χ2n) is 7.83. The summed E-state index contributed by atoms with van der Waals surface area (Å²) in [6.45, 7) is 10.8. The molecular formula is C26H36N4O3. The number of hydrogen-bond acceptors (Lipinski definition) is 4. The topological polar surface area (TPSA) is 81.8 Å². The van der Waals surface area contributed by atoms with Gasteiger partial charge < -0.3 is 20.4 Å². The maximum absolute atomic E-state index is 12.8. The minimum absolute atomic E-state index is 0.00448. The molecule has 7 nitrogen and oxygen atoms in total. The van der Waals surface area contributed by atoms with Gasteiger partial charge >= 0.3 is 0 Å². The van der Waals surface area contributed by atoms with Crippen LogP contribution in [0.3, 0.4) is 0 Å². The highest BCUT2D eigenvalue weighted by atomic mass is 16.2. The quantitative estimate of drug-likeness (QED) is 0.497. The third-order valence-corrected chi connectivity index (χ3v) is 5.30. The van der Waals surface area contributed by atoms with Gasteiger partial charge in [-0.25, -0.2) is 0 Å². The van der Waals surface area contributed by atoms with E-state index < -0.39 is 0 Å². The lowest BCUT2D eigenvalue weighted by atomic mass is 10.1. The molecule has 0 saturated heterocycles. The van der Waals surface area contributed by atoms with Crippen molar-refractivity contribution in [3.63, 3.8) is 0 Å². The first-order chi connectivity index (χ1) is 15.9. The molecule has 2 rings (SSSR count). The minimum Gasteiger partial charge on any atom is -0.376 e.